The molecule has 9 nitrogen and oxygen atoms in total. The van der Waals surface area contributed by atoms with Gasteiger partial charge in [0.15, 0.2) is 11.6 Å². The Balaban J connectivity index is 2.06. The molecular weight excluding hydrogens is 404 g/mol. The van der Waals surface area contributed by atoms with Crippen LogP contribution in [0.4, 0.5) is 5.82 Å². The Kier molecular flexibility index (Phi) is 5.68. The highest BCUT2D eigenvalue weighted by Gasteiger charge is 2.21. The Morgan fingerprint density at radius 2 is 1.90 bits per heavy atom. The van der Waals surface area contributed by atoms with Gasteiger partial charge in [0.25, 0.3) is 0 Å². The fourth-order valence-corrected chi connectivity index (χ4v) is 4.15. The van der Waals surface area contributed by atoms with E-state index in [1.54, 1.807) is 10.7 Å². The first-order valence-electron chi connectivity index (χ1n) is 9.36. The van der Waals surface area contributed by atoms with Crippen LogP contribution in [0.1, 0.15) is 30.8 Å². The molecule has 0 bridgehead atoms. The summed E-state index contributed by atoms with van der Waals surface area (Å²) >= 11 is 0. The number of anilines is 1. The van der Waals surface area contributed by atoms with Gasteiger partial charge in [0, 0.05) is 17.8 Å². The second-order valence-electron chi connectivity index (χ2n) is 7.92. The van der Waals surface area contributed by atoms with Gasteiger partial charge in [0.2, 0.25) is 10.0 Å². The van der Waals surface area contributed by atoms with Gasteiger partial charge in [0.1, 0.15) is 0 Å². The Labute approximate surface area is 176 Å². The lowest BCUT2D eigenvalue weighted by Crippen LogP contribution is -2.38. The highest BCUT2D eigenvalue weighted by molar-refractivity contribution is 7.89. The minimum atomic E-state index is -3.81. The van der Waals surface area contributed by atoms with E-state index in [4.69, 9.17) is 5.73 Å². The van der Waals surface area contributed by atoms with E-state index in [0.29, 0.717) is 17.1 Å². The molecule has 0 unspecified atom stereocenters. The maximum Gasteiger partial charge on any atom is 0.240 e. The van der Waals surface area contributed by atoms with Crippen molar-refractivity contribution in [3.63, 3.8) is 0 Å². The summed E-state index contributed by atoms with van der Waals surface area (Å²) in [5, 5.41) is 14.2. The summed E-state index contributed by atoms with van der Waals surface area (Å²) in [6, 6.07) is 6.65. The van der Waals surface area contributed by atoms with Gasteiger partial charge in [-0.25, -0.2) is 27.8 Å². The molecule has 0 amide bonds. The monoisotopic (exact) mass is 430 g/mol. The number of hydrogen-bond donors (Lipinski definition) is 3. The van der Waals surface area contributed by atoms with Crippen molar-refractivity contribution in [2.45, 2.75) is 45.1 Å². The van der Waals surface area contributed by atoms with Crippen molar-refractivity contribution in [3.8, 4) is 17.1 Å². The molecule has 0 fully saturated rings. The standard InChI is InChI=1S/C20H26N6O3S/c1-12-6-7-15(30(28,29)23-11-20(4,5)27)9-16(12)17-10-22-18(21)19(24-17)26-14(3)8-13(2)25-26/h6-10,23,27H,11H2,1-5H3,(H2,21,22). The summed E-state index contributed by atoms with van der Waals surface area (Å²) in [5.41, 5.74) is 8.45. The Morgan fingerprint density at radius 1 is 1.20 bits per heavy atom. The van der Waals surface area contributed by atoms with Crippen molar-refractivity contribution >= 4 is 15.8 Å². The lowest BCUT2D eigenvalue weighted by Gasteiger charge is -2.18. The second-order valence-corrected chi connectivity index (χ2v) is 9.68. The predicted molar refractivity (Wildman–Crippen MR) is 115 cm³/mol. The van der Waals surface area contributed by atoms with E-state index in [0.717, 1.165) is 17.0 Å². The molecule has 2 aromatic heterocycles. The first-order chi connectivity index (χ1) is 13.9. The van der Waals surface area contributed by atoms with Gasteiger partial charge in [-0.2, -0.15) is 5.10 Å². The third-order valence-corrected chi connectivity index (χ3v) is 5.88. The zero-order valence-electron chi connectivity index (χ0n) is 17.6. The van der Waals surface area contributed by atoms with E-state index in [-0.39, 0.29) is 17.3 Å². The highest BCUT2D eigenvalue weighted by atomic mass is 32.2. The van der Waals surface area contributed by atoms with E-state index < -0.39 is 15.6 Å². The number of nitrogens with zero attached hydrogens (tertiary/aromatic N) is 4. The maximum atomic E-state index is 12.7. The summed E-state index contributed by atoms with van der Waals surface area (Å²) in [4.78, 5) is 8.92. The molecule has 30 heavy (non-hydrogen) atoms. The third kappa shape index (κ3) is 4.66. The first kappa shape index (κ1) is 21.9. The van der Waals surface area contributed by atoms with E-state index in [1.165, 1.54) is 32.2 Å². The Bertz CT molecular complexity index is 1200. The smallest absolute Gasteiger partial charge is 0.240 e. The number of nitrogen functional groups attached to an aromatic ring is 1. The molecule has 0 aliphatic heterocycles. The van der Waals surface area contributed by atoms with Gasteiger partial charge >= 0.3 is 0 Å². The zero-order valence-corrected chi connectivity index (χ0v) is 18.4. The molecule has 4 N–H and O–H groups in total. The van der Waals surface area contributed by atoms with E-state index >= 15 is 0 Å². The molecule has 0 saturated heterocycles. The molecule has 0 saturated carbocycles. The summed E-state index contributed by atoms with van der Waals surface area (Å²) in [7, 11) is -3.81. The van der Waals surface area contributed by atoms with Gasteiger partial charge in [0.05, 0.1) is 28.1 Å². The molecule has 160 valence electrons. The largest absolute Gasteiger partial charge is 0.389 e. The Morgan fingerprint density at radius 3 is 2.50 bits per heavy atom. The number of rotatable bonds is 6. The van der Waals surface area contributed by atoms with Crippen LogP contribution in [0.2, 0.25) is 0 Å². The molecule has 0 aliphatic rings. The summed E-state index contributed by atoms with van der Waals surface area (Å²) in [5.74, 6) is 0.601. The minimum absolute atomic E-state index is 0.0682. The zero-order chi connectivity index (χ0) is 22.3. The molecule has 10 heteroatoms. The molecule has 0 radical (unpaired) electrons. The van der Waals surface area contributed by atoms with Crippen molar-refractivity contribution in [2.24, 2.45) is 0 Å². The number of aliphatic hydroxyl groups is 1. The van der Waals surface area contributed by atoms with Gasteiger partial charge in [-0.3, -0.25) is 0 Å². The number of aryl methyl sites for hydroxylation is 3. The number of aromatic nitrogens is 4. The average molecular weight is 431 g/mol. The number of nitrogens with one attached hydrogen (secondary N) is 1. The van der Waals surface area contributed by atoms with Crippen molar-refractivity contribution in [3.05, 3.63) is 47.4 Å². The SMILES string of the molecule is Cc1cc(C)n(-c2nc(-c3cc(S(=O)(=O)NCC(C)(C)O)ccc3C)cnc2N)n1. The number of hydrogen-bond acceptors (Lipinski definition) is 7. The van der Waals surface area contributed by atoms with Gasteiger partial charge < -0.3 is 10.8 Å². The number of sulfonamides is 1. The van der Waals surface area contributed by atoms with Crippen LogP contribution in [-0.2, 0) is 10.0 Å². The minimum Gasteiger partial charge on any atom is -0.389 e. The summed E-state index contributed by atoms with van der Waals surface area (Å²) < 4.78 is 29.4. The lowest BCUT2D eigenvalue weighted by atomic mass is 10.1. The maximum absolute atomic E-state index is 12.7. The molecule has 1 aromatic carbocycles. The quantitative estimate of drug-likeness (QED) is 0.543. The van der Waals surface area contributed by atoms with Crippen LogP contribution in [0.3, 0.4) is 0 Å². The fourth-order valence-electron chi connectivity index (χ4n) is 2.92. The van der Waals surface area contributed by atoms with Crippen LogP contribution >= 0.6 is 0 Å². The molecule has 0 atom stereocenters. The number of nitrogens with two attached hydrogens (primary N) is 1. The fraction of sp³-hybridized carbons (Fsp3) is 0.350. The van der Waals surface area contributed by atoms with E-state index in [1.807, 2.05) is 26.8 Å². The van der Waals surface area contributed by atoms with Crippen LogP contribution in [-0.4, -0.2) is 45.4 Å². The van der Waals surface area contributed by atoms with Crippen LogP contribution < -0.4 is 10.5 Å². The van der Waals surface area contributed by atoms with Crippen molar-refractivity contribution < 1.29 is 13.5 Å². The predicted octanol–water partition coefficient (Wildman–Crippen LogP) is 1.89. The van der Waals surface area contributed by atoms with Gasteiger partial charge in [-0.15, -0.1) is 0 Å². The summed E-state index contributed by atoms with van der Waals surface area (Å²) in [6.07, 6.45) is 1.51. The Hall–Kier alpha value is -2.82. The molecule has 3 rings (SSSR count). The van der Waals surface area contributed by atoms with Crippen LogP contribution in [0, 0.1) is 20.8 Å². The third-order valence-electron chi connectivity index (χ3n) is 4.48. The average Bonchev–Trinajstić information content (AvgIpc) is 2.98. The molecule has 0 spiro atoms. The first-order valence-corrected chi connectivity index (χ1v) is 10.8. The number of benzene rings is 1. The van der Waals surface area contributed by atoms with Gasteiger partial charge in [-0.1, -0.05) is 6.07 Å². The normalized spacial score (nSPS) is 12.3. The topological polar surface area (TPSA) is 136 Å². The van der Waals surface area contributed by atoms with Crippen LogP contribution in [0.25, 0.3) is 17.1 Å². The van der Waals surface area contributed by atoms with Gasteiger partial charge in [-0.05, 0) is 58.4 Å². The van der Waals surface area contributed by atoms with Crippen LogP contribution in [0.15, 0.2) is 35.4 Å². The summed E-state index contributed by atoms with van der Waals surface area (Å²) in [6.45, 7) is 8.57. The molecule has 0 aliphatic carbocycles. The van der Waals surface area contributed by atoms with E-state index in [2.05, 4.69) is 19.8 Å². The molecular formula is C20H26N6O3S. The molecule has 3 aromatic rings. The van der Waals surface area contributed by atoms with Crippen molar-refractivity contribution in [1.82, 2.24) is 24.5 Å². The van der Waals surface area contributed by atoms with E-state index in [9.17, 15) is 13.5 Å². The lowest BCUT2D eigenvalue weighted by molar-refractivity contribution is 0.0857. The van der Waals surface area contributed by atoms with Crippen LogP contribution in [0.5, 0.6) is 0 Å². The van der Waals surface area contributed by atoms with Crippen molar-refractivity contribution in [2.75, 3.05) is 12.3 Å². The molecule has 2 heterocycles. The highest BCUT2D eigenvalue weighted by Crippen LogP contribution is 2.27. The van der Waals surface area contributed by atoms with Crippen molar-refractivity contribution in [1.29, 1.82) is 0 Å². The second kappa shape index (κ2) is 7.78.